The van der Waals surface area contributed by atoms with E-state index in [1.807, 2.05) is 25.4 Å². The number of aromatic nitrogens is 3. The highest BCUT2D eigenvalue weighted by Gasteiger charge is 1.98. The van der Waals surface area contributed by atoms with Crippen LogP contribution in [-0.4, -0.2) is 14.8 Å². The lowest BCUT2D eigenvalue weighted by Crippen LogP contribution is -2.08. The van der Waals surface area contributed by atoms with E-state index in [4.69, 9.17) is 5.84 Å². The number of nitrogens with two attached hydrogens (primary N) is 1. The van der Waals surface area contributed by atoms with Gasteiger partial charge in [-0.3, -0.25) is 4.68 Å². The Morgan fingerprint density at radius 2 is 2.27 bits per heavy atom. The molecule has 4 N–H and O–H groups in total. The Morgan fingerprint density at radius 1 is 1.40 bits per heavy atom. The number of pyridine rings is 1. The first kappa shape index (κ1) is 9.47. The maximum Gasteiger partial charge on any atom is 0.141 e. The fourth-order valence-corrected chi connectivity index (χ4v) is 1.24. The molecule has 2 aromatic heterocycles. The number of rotatable bonds is 3. The molecule has 0 atom stereocenters. The third-order valence-corrected chi connectivity index (χ3v) is 1.90. The lowest BCUT2D eigenvalue weighted by atomic mass is 10.3. The molecule has 0 amide bonds. The molecule has 0 fully saturated rings. The van der Waals surface area contributed by atoms with Crippen molar-refractivity contribution in [1.82, 2.24) is 14.8 Å². The number of aryl methyl sites for hydroxylation is 1. The third kappa shape index (κ3) is 2.23. The summed E-state index contributed by atoms with van der Waals surface area (Å²) in [6, 6.07) is 3.67. The van der Waals surface area contributed by atoms with Crippen molar-refractivity contribution in [3.63, 3.8) is 0 Å². The summed E-state index contributed by atoms with van der Waals surface area (Å²) in [6.07, 6.45) is 5.31. The van der Waals surface area contributed by atoms with Gasteiger partial charge in [0.1, 0.15) is 5.82 Å². The van der Waals surface area contributed by atoms with Crippen molar-refractivity contribution < 1.29 is 0 Å². The zero-order valence-electron chi connectivity index (χ0n) is 8.31. The van der Waals surface area contributed by atoms with E-state index in [-0.39, 0.29) is 0 Å². The Bertz CT molecular complexity index is 449. The SMILES string of the molecule is Cn1cc(Nc2ccnc(NN)c2)cn1. The van der Waals surface area contributed by atoms with Gasteiger partial charge in [-0.1, -0.05) is 0 Å². The van der Waals surface area contributed by atoms with Gasteiger partial charge in [0, 0.05) is 31.2 Å². The highest BCUT2D eigenvalue weighted by Crippen LogP contribution is 2.16. The summed E-state index contributed by atoms with van der Waals surface area (Å²) in [5.41, 5.74) is 4.32. The van der Waals surface area contributed by atoms with E-state index in [1.54, 1.807) is 17.1 Å². The van der Waals surface area contributed by atoms with Gasteiger partial charge in [-0.25, -0.2) is 10.8 Å². The predicted molar refractivity (Wildman–Crippen MR) is 58.5 cm³/mol. The fourth-order valence-electron chi connectivity index (χ4n) is 1.24. The quantitative estimate of drug-likeness (QED) is 0.510. The van der Waals surface area contributed by atoms with Gasteiger partial charge in [0.05, 0.1) is 11.9 Å². The Morgan fingerprint density at radius 3 is 2.93 bits per heavy atom. The molecule has 0 spiro atoms. The standard InChI is InChI=1S/C9H12N6/c1-15-6-8(5-12-15)13-7-2-3-11-9(4-7)14-10/h2-6H,10H2,1H3,(H2,11,13,14). The van der Waals surface area contributed by atoms with Crippen LogP contribution in [0.3, 0.4) is 0 Å². The van der Waals surface area contributed by atoms with E-state index in [0.29, 0.717) is 5.82 Å². The third-order valence-electron chi connectivity index (χ3n) is 1.90. The maximum atomic E-state index is 5.26. The molecule has 0 aliphatic carbocycles. The molecule has 0 unspecified atom stereocenters. The van der Waals surface area contributed by atoms with E-state index >= 15 is 0 Å². The minimum absolute atomic E-state index is 0.615. The lowest BCUT2D eigenvalue weighted by Gasteiger charge is -2.04. The number of hydrogen-bond donors (Lipinski definition) is 3. The average Bonchev–Trinajstić information content (AvgIpc) is 2.64. The van der Waals surface area contributed by atoms with Gasteiger partial charge in [0.15, 0.2) is 0 Å². The smallest absolute Gasteiger partial charge is 0.141 e. The van der Waals surface area contributed by atoms with Gasteiger partial charge in [0.25, 0.3) is 0 Å². The Hall–Kier alpha value is -2.08. The number of nitrogen functional groups attached to an aromatic ring is 1. The van der Waals surface area contributed by atoms with Gasteiger partial charge < -0.3 is 10.7 Å². The summed E-state index contributed by atoms with van der Waals surface area (Å²) in [7, 11) is 1.87. The molecule has 78 valence electrons. The Labute approximate surface area is 87.1 Å². The summed E-state index contributed by atoms with van der Waals surface area (Å²) in [5, 5.41) is 7.23. The second-order valence-corrected chi connectivity index (χ2v) is 3.10. The summed E-state index contributed by atoms with van der Waals surface area (Å²) in [5.74, 6) is 5.87. The van der Waals surface area contributed by atoms with Crippen molar-refractivity contribution in [3.05, 3.63) is 30.7 Å². The normalized spacial score (nSPS) is 10.0. The van der Waals surface area contributed by atoms with Crippen LogP contribution in [-0.2, 0) is 7.05 Å². The first-order valence-corrected chi connectivity index (χ1v) is 4.46. The van der Waals surface area contributed by atoms with Crippen LogP contribution in [0.15, 0.2) is 30.7 Å². The first-order valence-electron chi connectivity index (χ1n) is 4.46. The maximum absolute atomic E-state index is 5.26. The molecule has 0 saturated carbocycles. The molecule has 6 heteroatoms. The molecular weight excluding hydrogens is 192 g/mol. The molecule has 0 bridgehead atoms. The molecule has 0 aromatic carbocycles. The molecular formula is C9H12N6. The van der Waals surface area contributed by atoms with Crippen LogP contribution in [0.1, 0.15) is 0 Å². The van der Waals surface area contributed by atoms with Crippen molar-refractivity contribution >= 4 is 17.2 Å². The highest BCUT2D eigenvalue weighted by atomic mass is 15.3. The molecule has 15 heavy (non-hydrogen) atoms. The second kappa shape index (κ2) is 3.97. The minimum Gasteiger partial charge on any atom is -0.353 e. The summed E-state index contributed by atoms with van der Waals surface area (Å²) in [4.78, 5) is 4.01. The van der Waals surface area contributed by atoms with Crippen LogP contribution in [0.25, 0.3) is 0 Å². The Kier molecular flexibility index (Phi) is 2.51. The molecule has 6 nitrogen and oxygen atoms in total. The molecule has 0 aliphatic heterocycles. The number of hydrogen-bond acceptors (Lipinski definition) is 5. The van der Waals surface area contributed by atoms with Gasteiger partial charge in [0.2, 0.25) is 0 Å². The number of nitrogens with one attached hydrogen (secondary N) is 2. The zero-order chi connectivity index (χ0) is 10.7. The van der Waals surface area contributed by atoms with Crippen LogP contribution in [0, 0.1) is 0 Å². The second-order valence-electron chi connectivity index (χ2n) is 3.10. The minimum atomic E-state index is 0.615. The van der Waals surface area contributed by atoms with E-state index in [0.717, 1.165) is 11.4 Å². The number of hydrazine groups is 1. The summed E-state index contributed by atoms with van der Waals surface area (Å²) >= 11 is 0. The van der Waals surface area contributed by atoms with E-state index in [9.17, 15) is 0 Å². The largest absolute Gasteiger partial charge is 0.353 e. The van der Waals surface area contributed by atoms with Crippen molar-refractivity contribution in [2.45, 2.75) is 0 Å². The van der Waals surface area contributed by atoms with Crippen LogP contribution >= 0.6 is 0 Å². The fraction of sp³-hybridized carbons (Fsp3) is 0.111. The van der Waals surface area contributed by atoms with E-state index in [2.05, 4.69) is 20.8 Å². The van der Waals surface area contributed by atoms with Crippen molar-refractivity contribution in [2.75, 3.05) is 10.7 Å². The van der Waals surface area contributed by atoms with Crippen LogP contribution in [0.4, 0.5) is 17.2 Å². The molecule has 0 radical (unpaired) electrons. The van der Waals surface area contributed by atoms with E-state index in [1.165, 1.54) is 0 Å². The highest BCUT2D eigenvalue weighted by molar-refractivity contribution is 5.60. The van der Waals surface area contributed by atoms with Crippen LogP contribution in [0.2, 0.25) is 0 Å². The monoisotopic (exact) mass is 204 g/mol. The molecule has 2 rings (SSSR count). The van der Waals surface area contributed by atoms with Crippen molar-refractivity contribution in [1.29, 1.82) is 0 Å². The summed E-state index contributed by atoms with van der Waals surface area (Å²) in [6.45, 7) is 0. The number of anilines is 3. The van der Waals surface area contributed by atoms with Gasteiger partial charge in [-0.05, 0) is 6.07 Å². The predicted octanol–water partition coefficient (Wildman–Crippen LogP) is 0.844. The average molecular weight is 204 g/mol. The van der Waals surface area contributed by atoms with Crippen LogP contribution < -0.4 is 16.6 Å². The zero-order valence-corrected chi connectivity index (χ0v) is 8.31. The first-order chi connectivity index (χ1) is 7.28. The molecule has 0 saturated heterocycles. The van der Waals surface area contributed by atoms with Crippen molar-refractivity contribution in [3.8, 4) is 0 Å². The molecule has 2 heterocycles. The summed E-state index contributed by atoms with van der Waals surface area (Å²) < 4.78 is 1.73. The molecule has 2 aromatic rings. The number of nitrogens with zero attached hydrogens (tertiary/aromatic N) is 3. The van der Waals surface area contributed by atoms with Gasteiger partial charge >= 0.3 is 0 Å². The van der Waals surface area contributed by atoms with E-state index < -0.39 is 0 Å². The lowest BCUT2D eigenvalue weighted by molar-refractivity contribution is 0.768. The topological polar surface area (TPSA) is 80.8 Å². The van der Waals surface area contributed by atoms with Gasteiger partial charge in [-0.15, -0.1) is 0 Å². The van der Waals surface area contributed by atoms with Crippen LogP contribution in [0.5, 0.6) is 0 Å². The van der Waals surface area contributed by atoms with Crippen molar-refractivity contribution in [2.24, 2.45) is 12.9 Å². The van der Waals surface area contributed by atoms with Gasteiger partial charge in [-0.2, -0.15) is 5.10 Å². The Balaban J connectivity index is 2.16. The molecule has 0 aliphatic rings.